The van der Waals surface area contributed by atoms with Gasteiger partial charge in [0.05, 0.1) is 28.4 Å². The summed E-state index contributed by atoms with van der Waals surface area (Å²) in [5.74, 6) is 0.455. The summed E-state index contributed by atoms with van der Waals surface area (Å²) in [4.78, 5) is 16.1. The largest absolute Gasteiger partial charge is 0.444 e. The van der Waals surface area contributed by atoms with Crippen molar-refractivity contribution in [2.75, 3.05) is 0 Å². The topological polar surface area (TPSA) is 93.1 Å². The summed E-state index contributed by atoms with van der Waals surface area (Å²) in [5.41, 5.74) is -0.605. The minimum atomic E-state index is -3.61. The lowest BCUT2D eigenvalue weighted by Gasteiger charge is -2.55. The third kappa shape index (κ3) is 9.10. The van der Waals surface area contributed by atoms with E-state index in [4.69, 9.17) is 9.16 Å². The Morgan fingerprint density at radius 1 is 1.07 bits per heavy atom. The first-order valence-corrected chi connectivity index (χ1v) is 21.4. The number of carbonyl (C=O) groups is 1. The van der Waals surface area contributed by atoms with Crippen molar-refractivity contribution in [2.45, 2.75) is 171 Å². The molecule has 2 aliphatic rings. The molecule has 1 aromatic carbocycles. The molecule has 1 saturated heterocycles. The summed E-state index contributed by atoms with van der Waals surface area (Å²) in [7, 11) is -5.75. The highest BCUT2D eigenvalue weighted by Gasteiger charge is 2.51. The number of likely N-dealkylation sites (tertiary alicyclic amines) is 1. The predicted molar refractivity (Wildman–Crippen MR) is 181 cm³/mol. The number of hydrogen-bond acceptors (Lipinski definition) is 6. The molecule has 252 valence electrons. The van der Waals surface area contributed by atoms with Gasteiger partial charge >= 0.3 is 6.09 Å². The fraction of sp³-hybridized carbons (Fsp3) is 0.800. The second kappa shape index (κ2) is 14.6. The Kier molecular flexibility index (Phi) is 12.3. The zero-order valence-electron chi connectivity index (χ0n) is 29.1. The molecular formula is C35H61NO6SSi. The number of sulfone groups is 1. The van der Waals surface area contributed by atoms with Gasteiger partial charge in [0.25, 0.3) is 0 Å². The van der Waals surface area contributed by atoms with Crippen LogP contribution in [-0.4, -0.2) is 68.0 Å². The fourth-order valence-corrected chi connectivity index (χ4v) is 10.3. The van der Waals surface area contributed by atoms with Crippen LogP contribution < -0.4 is 0 Å². The lowest BCUT2D eigenvalue weighted by atomic mass is 9.68. The van der Waals surface area contributed by atoms with Crippen LogP contribution in [0.5, 0.6) is 0 Å². The number of aliphatic hydroxyl groups is 1. The Bertz CT molecular complexity index is 1180. The van der Waals surface area contributed by atoms with Gasteiger partial charge in [0, 0.05) is 6.04 Å². The fourth-order valence-electron chi connectivity index (χ4n) is 7.01. The SMILES string of the molecule is CCC[C@@H](O)CC(CC[C@H]1CCC[C@@H]2[C@H]1C[C@@H](O[Si](C)(C)C(C)(C)C)[C@H](C)N2C(=O)OC(C)(C)C)S(=O)(=O)c1ccccc1. The highest BCUT2D eigenvalue weighted by molar-refractivity contribution is 7.92. The Morgan fingerprint density at radius 3 is 2.27 bits per heavy atom. The quantitative estimate of drug-likeness (QED) is 0.242. The molecule has 3 rings (SSSR count). The van der Waals surface area contributed by atoms with E-state index in [0.29, 0.717) is 17.7 Å². The van der Waals surface area contributed by atoms with Gasteiger partial charge in [-0.25, -0.2) is 13.2 Å². The second-order valence-electron chi connectivity index (χ2n) is 15.9. The number of rotatable bonds is 11. The van der Waals surface area contributed by atoms with Crippen LogP contribution in [0.2, 0.25) is 18.1 Å². The lowest BCUT2D eigenvalue weighted by molar-refractivity contribution is -0.0779. The molecule has 0 spiro atoms. The molecule has 1 aromatic rings. The third-order valence-corrected chi connectivity index (χ3v) is 17.1. The van der Waals surface area contributed by atoms with Crippen molar-refractivity contribution in [2.24, 2.45) is 11.8 Å². The van der Waals surface area contributed by atoms with Gasteiger partial charge < -0.3 is 14.3 Å². The first-order valence-electron chi connectivity index (χ1n) is 16.9. The van der Waals surface area contributed by atoms with Crippen LogP contribution in [0.3, 0.4) is 0 Å². The van der Waals surface area contributed by atoms with Gasteiger partial charge in [-0.3, -0.25) is 4.90 Å². The maximum Gasteiger partial charge on any atom is 0.410 e. The highest BCUT2D eigenvalue weighted by Crippen LogP contribution is 2.47. The van der Waals surface area contributed by atoms with Crippen molar-refractivity contribution in [3.8, 4) is 0 Å². The molecule has 2 fully saturated rings. The number of benzene rings is 1. The van der Waals surface area contributed by atoms with Gasteiger partial charge in [-0.1, -0.05) is 65.2 Å². The monoisotopic (exact) mass is 651 g/mol. The lowest BCUT2D eigenvalue weighted by Crippen LogP contribution is -2.63. The van der Waals surface area contributed by atoms with E-state index in [1.165, 1.54) is 0 Å². The van der Waals surface area contributed by atoms with Gasteiger partial charge in [-0.2, -0.15) is 0 Å². The van der Waals surface area contributed by atoms with Crippen molar-refractivity contribution < 1.29 is 27.5 Å². The van der Waals surface area contributed by atoms with Crippen molar-refractivity contribution in [1.29, 1.82) is 0 Å². The smallest absolute Gasteiger partial charge is 0.410 e. The van der Waals surface area contributed by atoms with E-state index >= 15 is 0 Å². The second-order valence-corrected chi connectivity index (χ2v) is 22.9. The molecule has 0 aromatic heterocycles. The molecule has 1 unspecified atom stereocenters. The predicted octanol–water partition coefficient (Wildman–Crippen LogP) is 8.36. The molecular weight excluding hydrogens is 591 g/mol. The van der Waals surface area contributed by atoms with E-state index in [-0.39, 0.29) is 47.6 Å². The van der Waals surface area contributed by atoms with Gasteiger partial charge in [-0.05, 0) is 108 Å². The van der Waals surface area contributed by atoms with Crippen LogP contribution in [-0.2, 0) is 19.0 Å². The van der Waals surface area contributed by atoms with E-state index in [1.54, 1.807) is 24.3 Å². The first kappa shape index (κ1) is 37.0. The third-order valence-electron chi connectivity index (χ3n) is 10.4. The zero-order valence-corrected chi connectivity index (χ0v) is 31.0. The molecule has 1 aliphatic carbocycles. The van der Waals surface area contributed by atoms with Gasteiger partial charge in [0.15, 0.2) is 18.2 Å². The molecule has 1 saturated carbocycles. The number of hydrogen-bond donors (Lipinski definition) is 1. The number of carbonyl (C=O) groups excluding carboxylic acids is 1. The minimum Gasteiger partial charge on any atom is -0.444 e. The van der Waals surface area contributed by atoms with Crippen LogP contribution >= 0.6 is 0 Å². The Morgan fingerprint density at radius 2 is 1.70 bits per heavy atom. The van der Waals surface area contributed by atoms with Gasteiger partial charge in [0.1, 0.15) is 5.60 Å². The normalized spacial score (nSPS) is 26.5. The van der Waals surface area contributed by atoms with Crippen LogP contribution in [0.4, 0.5) is 4.79 Å². The molecule has 1 amide bonds. The van der Waals surface area contributed by atoms with Crippen molar-refractivity contribution in [3.63, 3.8) is 0 Å². The maximum atomic E-state index is 13.9. The van der Waals surface area contributed by atoms with E-state index in [2.05, 4.69) is 40.8 Å². The maximum absolute atomic E-state index is 13.9. The van der Waals surface area contributed by atoms with Crippen LogP contribution in [0.25, 0.3) is 0 Å². The Labute approximate surface area is 269 Å². The van der Waals surface area contributed by atoms with Gasteiger partial charge in [0.2, 0.25) is 0 Å². The molecule has 9 heteroatoms. The van der Waals surface area contributed by atoms with E-state index in [9.17, 15) is 18.3 Å². The Balaban J connectivity index is 1.92. The summed E-state index contributed by atoms with van der Waals surface area (Å²) in [6.07, 6.45) is 5.58. The van der Waals surface area contributed by atoms with Gasteiger partial charge in [-0.15, -0.1) is 0 Å². The first-order chi connectivity index (χ1) is 20.3. The van der Waals surface area contributed by atoms with E-state index in [1.807, 2.05) is 38.7 Å². The van der Waals surface area contributed by atoms with E-state index < -0.39 is 35.1 Å². The summed E-state index contributed by atoms with van der Waals surface area (Å²) in [6.45, 7) is 21.1. The summed E-state index contributed by atoms with van der Waals surface area (Å²) >= 11 is 0. The molecule has 7 atom stereocenters. The zero-order chi connectivity index (χ0) is 33.1. The molecule has 1 N–H and O–H groups in total. The highest BCUT2D eigenvalue weighted by atomic mass is 32.2. The van der Waals surface area contributed by atoms with Crippen molar-refractivity contribution in [1.82, 2.24) is 4.90 Å². The van der Waals surface area contributed by atoms with Crippen molar-refractivity contribution >= 4 is 24.2 Å². The van der Waals surface area contributed by atoms with Crippen molar-refractivity contribution in [3.05, 3.63) is 30.3 Å². The summed E-state index contributed by atoms with van der Waals surface area (Å²) in [5, 5.41) is 10.1. The molecule has 1 aliphatic heterocycles. The standard InChI is InChI=1S/C35H61NO6SSi/c1-11-16-27(37)23-29(43(39,40)28-18-13-12-14-19-28)22-21-26-17-15-20-31-30(26)24-32(42-44(9,10)35(6,7)8)25(2)36(31)33(38)41-34(3,4)5/h12-14,18-19,25-27,29-32,37H,11,15-17,20-24H2,1-10H3/t25-,26+,27+,29?,30-,31+,32+/m0/s1. The number of piperidine rings is 1. The number of nitrogens with zero attached hydrogens (tertiary/aromatic N) is 1. The Hall–Kier alpha value is -1.42. The molecule has 7 nitrogen and oxygen atoms in total. The van der Waals surface area contributed by atoms with Crippen LogP contribution in [0.15, 0.2) is 35.2 Å². The molecule has 0 bridgehead atoms. The summed E-state index contributed by atoms with van der Waals surface area (Å²) in [6, 6.07) is 8.58. The van der Waals surface area contributed by atoms with Crippen LogP contribution in [0, 0.1) is 11.8 Å². The van der Waals surface area contributed by atoms with Crippen LogP contribution in [0.1, 0.15) is 113 Å². The number of aliphatic hydroxyl groups excluding tert-OH is 1. The minimum absolute atomic E-state index is 0.0324. The average Bonchev–Trinajstić information content (AvgIpc) is 2.90. The van der Waals surface area contributed by atoms with E-state index in [0.717, 1.165) is 38.5 Å². The number of fused-ring (bicyclic) bond motifs is 1. The molecule has 1 heterocycles. The molecule has 44 heavy (non-hydrogen) atoms. The summed E-state index contributed by atoms with van der Waals surface area (Å²) < 4.78 is 40.7. The number of ether oxygens (including phenoxy) is 1. The number of amides is 1. The molecule has 0 radical (unpaired) electrons. The average molecular weight is 652 g/mol.